The average molecular weight is 382 g/mol. The molecule has 1 atom stereocenters. The van der Waals surface area contributed by atoms with Crippen molar-refractivity contribution < 1.29 is 28.9 Å². The molecule has 0 unspecified atom stereocenters. The van der Waals surface area contributed by atoms with Crippen LogP contribution in [0.5, 0.6) is 0 Å². The van der Waals surface area contributed by atoms with E-state index in [1.807, 2.05) is 27.7 Å². The van der Waals surface area contributed by atoms with Gasteiger partial charge in [-0.25, -0.2) is 9.59 Å². The number of rotatable bonds is 6. The number of hydrogen-bond acceptors (Lipinski definition) is 6. The quantitative estimate of drug-likeness (QED) is 0.709. The Morgan fingerprint density at radius 1 is 1.37 bits per heavy atom. The highest BCUT2D eigenvalue weighted by Crippen LogP contribution is 2.34. The first-order valence-electron chi connectivity index (χ1n) is 9.06. The molecule has 2 aliphatic heterocycles. The number of cyclic esters (lactones) is 1. The molecule has 8 nitrogen and oxygen atoms in total. The molecule has 0 bridgehead atoms. The Balaban J connectivity index is 1.89. The first-order valence-corrected chi connectivity index (χ1v) is 9.06. The third-order valence-electron chi connectivity index (χ3n) is 4.66. The monoisotopic (exact) mass is 382 g/mol. The van der Waals surface area contributed by atoms with Crippen molar-refractivity contribution in [3.05, 3.63) is 23.8 Å². The van der Waals surface area contributed by atoms with Gasteiger partial charge in [-0.1, -0.05) is 17.7 Å². The molecule has 2 amide bonds. The van der Waals surface area contributed by atoms with E-state index in [9.17, 15) is 9.59 Å². The highest BCUT2D eigenvalue weighted by atomic mass is 16.6. The molecule has 8 heteroatoms. The van der Waals surface area contributed by atoms with Gasteiger partial charge in [0.2, 0.25) is 0 Å². The van der Waals surface area contributed by atoms with Crippen LogP contribution in [0.4, 0.5) is 9.59 Å². The van der Waals surface area contributed by atoms with Gasteiger partial charge < -0.3 is 19.3 Å². The standard InChI is InChI=1S/C19H30N2O6/c1-14(11-22)8-9-20-15(12-26-16(20)23)7-6-10-25-17(24)21-18(2,3)13-27-19(21,4)5/h6-8,15,22H,9-13H2,1-5H3/b7-6+,14-8+/t15-/m0/s1. The van der Waals surface area contributed by atoms with Crippen LogP contribution in [0, 0.1) is 0 Å². The predicted octanol–water partition coefficient (Wildman–Crippen LogP) is 2.29. The van der Waals surface area contributed by atoms with Crippen molar-refractivity contribution >= 4 is 12.2 Å². The van der Waals surface area contributed by atoms with Crippen molar-refractivity contribution in [1.29, 1.82) is 0 Å². The molecule has 0 radical (unpaired) electrons. The molecule has 2 rings (SSSR count). The second kappa shape index (κ2) is 8.31. The Labute approximate surface area is 160 Å². The molecular formula is C19H30N2O6. The van der Waals surface area contributed by atoms with Crippen LogP contribution in [0.2, 0.25) is 0 Å². The lowest BCUT2D eigenvalue weighted by molar-refractivity contribution is -0.0503. The zero-order chi connectivity index (χ0) is 20.2. The molecule has 0 aromatic carbocycles. The number of ether oxygens (including phenoxy) is 3. The fourth-order valence-electron chi connectivity index (χ4n) is 3.23. The summed E-state index contributed by atoms with van der Waals surface area (Å²) in [5, 5.41) is 9.05. The van der Waals surface area contributed by atoms with Crippen LogP contribution in [0.1, 0.15) is 34.6 Å². The molecule has 1 N–H and O–H groups in total. The lowest BCUT2D eigenvalue weighted by atomic mass is 10.0. The maximum Gasteiger partial charge on any atom is 0.412 e. The fraction of sp³-hybridized carbons (Fsp3) is 0.684. The maximum atomic E-state index is 12.5. The summed E-state index contributed by atoms with van der Waals surface area (Å²) >= 11 is 0. The van der Waals surface area contributed by atoms with Gasteiger partial charge in [0.15, 0.2) is 0 Å². The van der Waals surface area contributed by atoms with E-state index < -0.39 is 23.5 Å². The third-order valence-corrected chi connectivity index (χ3v) is 4.66. The number of amides is 2. The maximum absolute atomic E-state index is 12.5. The Kier molecular flexibility index (Phi) is 6.54. The molecule has 0 saturated carbocycles. The van der Waals surface area contributed by atoms with E-state index in [4.69, 9.17) is 19.3 Å². The van der Waals surface area contributed by atoms with Crippen molar-refractivity contribution in [3.63, 3.8) is 0 Å². The lowest BCUT2D eigenvalue weighted by Crippen LogP contribution is -2.52. The molecule has 0 aromatic rings. The van der Waals surface area contributed by atoms with Gasteiger partial charge in [-0.05, 0) is 40.7 Å². The van der Waals surface area contributed by atoms with E-state index in [2.05, 4.69) is 0 Å². The molecule has 0 aromatic heterocycles. The van der Waals surface area contributed by atoms with Crippen molar-refractivity contribution in [2.75, 3.05) is 33.0 Å². The van der Waals surface area contributed by atoms with Gasteiger partial charge in [0.05, 0.1) is 24.8 Å². The van der Waals surface area contributed by atoms with Crippen LogP contribution in [-0.2, 0) is 14.2 Å². The van der Waals surface area contributed by atoms with Crippen LogP contribution in [0.25, 0.3) is 0 Å². The second-order valence-corrected chi connectivity index (χ2v) is 7.89. The zero-order valence-corrected chi connectivity index (χ0v) is 16.7. The summed E-state index contributed by atoms with van der Waals surface area (Å²) in [6, 6.07) is -0.234. The van der Waals surface area contributed by atoms with Crippen molar-refractivity contribution in [2.45, 2.75) is 51.9 Å². The van der Waals surface area contributed by atoms with Crippen molar-refractivity contribution in [2.24, 2.45) is 0 Å². The number of aliphatic hydroxyl groups is 1. The number of aliphatic hydroxyl groups excluding tert-OH is 1. The highest BCUT2D eigenvalue weighted by molar-refractivity contribution is 5.71. The summed E-state index contributed by atoms with van der Waals surface area (Å²) in [5.41, 5.74) is -0.377. The van der Waals surface area contributed by atoms with E-state index in [0.29, 0.717) is 13.2 Å². The molecule has 2 aliphatic rings. The first-order chi connectivity index (χ1) is 12.6. The predicted molar refractivity (Wildman–Crippen MR) is 99.1 cm³/mol. The molecule has 2 heterocycles. The van der Waals surface area contributed by atoms with Crippen LogP contribution in [-0.4, -0.2) is 77.4 Å². The molecule has 2 saturated heterocycles. The third kappa shape index (κ3) is 5.01. The lowest BCUT2D eigenvalue weighted by Gasteiger charge is -2.36. The van der Waals surface area contributed by atoms with Crippen LogP contribution < -0.4 is 0 Å². The molecule has 0 aliphatic carbocycles. The fourth-order valence-corrected chi connectivity index (χ4v) is 3.23. The second-order valence-electron chi connectivity index (χ2n) is 7.89. The summed E-state index contributed by atoms with van der Waals surface area (Å²) in [6.45, 7) is 10.4. The largest absolute Gasteiger partial charge is 0.447 e. The van der Waals surface area contributed by atoms with Crippen LogP contribution in [0.3, 0.4) is 0 Å². The van der Waals surface area contributed by atoms with Crippen molar-refractivity contribution in [1.82, 2.24) is 9.80 Å². The Hall–Kier alpha value is -2.06. The minimum absolute atomic E-state index is 0.0493. The van der Waals surface area contributed by atoms with Gasteiger partial charge in [0.25, 0.3) is 0 Å². The Bertz CT molecular complexity index is 610. The van der Waals surface area contributed by atoms with Crippen LogP contribution in [0.15, 0.2) is 23.8 Å². The minimum atomic E-state index is -0.719. The smallest absolute Gasteiger partial charge is 0.412 e. The number of carbonyl (C=O) groups is 2. The number of nitrogens with zero attached hydrogens (tertiary/aromatic N) is 2. The van der Waals surface area contributed by atoms with Gasteiger partial charge in [-0.15, -0.1) is 0 Å². The van der Waals surface area contributed by atoms with Crippen molar-refractivity contribution in [3.8, 4) is 0 Å². The first kappa shape index (κ1) is 21.2. The normalized spacial score (nSPS) is 24.6. The number of hydrogen-bond donors (Lipinski definition) is 1. The van der Waals surface area contributed by atoms with E-state index in [0.717, 1.165) is 5.57 Å². The molecular weight excluding hydrogens is 352 g/mol. The summed E-state index contributed by atoms with van der Waals surface area (Å²) in [4.78, 5) is 27.4. The molecule has 0 spiro atoms. The van der Waals surface area contributed by atoms with E-state index in [1.54, 1.807) is 35.0 Å². The van der Waals surface area contributed by atoms with Gasteiger partial charge in [0.1, 0.15) is 18.9 Å². The topological polar surface area (TPSA) is 88.5 Å². The molecule has 27 heavy (non-hydrogen) atoms. The Morgan fingerprint density at radius 3 is 2.67 bits per heavy atom. The van der Waals surface area contributed by atoms with Gasteiger partial charge in [-0.3, -0.25) is 9.80 Å². The van der Waals surface area contributed by atoms with E-state index in [-0.39, 0.29) is 25.9 Å². The highest BCUT2D eigenvalue weighted by Gasteiger charge is 2.49. The van der Waals surface area contributed by atoms with Gasteiger partial charge in [-0.2, -0.15) is 0 Å². The van der Waals surface area contributed by atoms with Gasteiger partial charge in [0, 0.05) is 6.54 Å². The SMILES string of the molecule is C/C(=C\CN1C(=O)OC[C@@H]1/C=C/COC(=O)N1C(C)(C)COC1(C)C)CO. The summed E-state index contributed by atoms with van der Waals surface area (Å²) in [5.74, 6) is 0. The molecule has 152 valence electrons. The van der Waals surface area contributed by atoms with Crippen LogP contribution >= 0.6 is 0 Å². The molecule has 2 fully saturated rings. The van der Waals surface area contributed by atoms with E-state index >= 15 is 0 Å². The zero-order valence-electron chi connectivity index (χ0n) is 16.7. The van der Waals surface area contributed by atoms with E-state index in [1.165, 1.54) is 0 Å². The summed E-state index contributed by atoms with van der Waals surface area (Å²) < 4.78 is 16.1. The Morgan fingerprint density at radius 2 is 2.07 bits per heavy atom. The summed E-state index contributed by atoms with van der Waals surface area (Å²) in [7, 11) is 0. The minimum Gasteiger partial charge on any atom is -0.447 e. The number of carbonyl (C=O) groups excluding carboxylic acids is 2. The van der Waals surface area contributed by atoms with Gasteiger partial charge >= 0.3 is 12.2 Å². The average Bonchev–Trinajstić information content (AvgIpc) is 3.05. The summed E-state index contributed by atoms with van der Waals surface area (Å²) in [6.07, 6.45) is 4.43.